The first-order chi connectivity index (χ1) is 17.0. The van der Waals surface area contributed by atoms with Crippen molar-refractivity contribution >= 4 is 17.6 Å². The van der Waals surface area contributed by atoms with Crippen molar-refractivity contribution in [3.05, 3.63) is 47.6 Å². The topological polar surface area (TPSA) is 115 Å². The number of rotatable bonds is 6. The number of hydrogen-bond donors (Lipinski definition) is 2. The molecule has 192 valence electrons. The normalized spacial score (nSPS) is 19.1. The van der Waals surface area contributed by atoms with E-state index in [1.165, 1.54) is 0 Å². The second-order valence-corrected chi connectivity index (χ2v) is 9.27. The summed E-state index contributed by atoms with van der Waals surface area (Å²) in [6.45, 7) is 4.03. The Morgan fingerprint density at radius 3 is 2.47 bits per heavy atom. The number of pyridine rings is 1. The van der Waals surface area contributed by atoms with Crippen LogP contribution in [0.25, 0.3) is 11.3 Å². The first kappa shape index (κ1) is 25.4. The standard InChI is InChI=1S/C24H27F3N6O3/c1-13-4-6-15(7-5-13)19(31-22(34)17-12-36-32-21(17)24(25,26)27)23(35)30-18-9-8-16(11-28-18)20-14(2)10-29-33(20)3/h8-13,15,19H,4-7H2,1-3H3,(H,31,34)(H,28,30,35)/t13?,15?,19-/m0/s1. The van der Waals surface area contributed by atoms with Crippen LogP contribution in [0.5, 0.6) is 0 Å². The van der Waals surface area contributed by atoms with E-state index in [4.69, 9.17) is 0 Å². The lowest BCUT2D eigenvalue weighted by Gasteiger charge is -2.32. The quantitative estimate of drug-likeness (QED) is 0.516. The first-order valence-corrected chi connectivity index (χ1v) is 11.6. The Balaban J connectivity index is 1.53. The zero-order valence-corrected chi connectivity index (χ0v) is 20.1. The van der Waals surface area contributed by atoms with E-state index in [-0.39, 0.29) is 11.7 Å². The van der Waals surface area contributed by atoms with E-state index in [0.29, 0.717) is 25.0 Å². The number of anilines is 1. The zero-order valence-electron chi connectivity index (χ0n) is 20.1. The van der Waals surface area contributed by atoms with E-state index in [1.807, 2.05) is 14.0 Å². The molecule has 1 saturated carbocycles. The van der Waals surface area contributed by atoms with Gasteiger partial charge in [0.2, 0.25) is 5.91 Å². The summed E-state index contributed by atoms with van der Waals surface area (Å²) >= 11 is 0. The highest BCUT2D eigenvalue weighted by molar-refractivity contribution is 6.01. The molecule has 4 rings (SSSR count). The van der Waals surface area contributed by atoms with Gasteiger partial charge in [-0.15, -0.1) is 0 Å². The number of carbonyl (C=O) groups excluding carboxylic acids is 2. The van der Waals surface area contributed by atoms with E-state index >= 15 is 0 Å². The maximum Gasteiger partial charge on any atom is 0.437 e. The average Bonchev–Trinajstić information content (AvgIpc) is 3.46. The molecule has 1 aliphatic rings. The van der Waals surface area contributed by atoms with Crippen LogP contribution in [0.1, 0.15) is 54.2 Å². The molecule has 2 N–H and O–H groups in total. The Morgan fingerprint density at radius 2 is 1.89 bits per heavy atom. The lowest BCUT2D eigenvalue weighted by atomic mass is 9.79. The van der Waals surface area contributed by atoms with E-state index in [9.17, 15) is 22.8 Å². The third kappa shape index (κ3) is 5.42. The summed E-state index contributed by atoms with van der Waals surface area (Å²) in [7, 11) is 1.82. The average molecular weight is 505 g/mol. The van der Waals surface area contributed by atoms with Crippen molar-refractivity contribution in [1.82, 2.24) is 25.2 Å². The molecular weight excluding hydrogens is 477 g/mol. The summed E-state index contributed by atoms with van der Waals surface area (Å²) in [5, 5.41) is 12.3. The van der Waals surface area contributed by atoms with Gasteiger partial charge in [0.05, 0.1) is 11.9 Å². The highest BCUT2D eigenvalue weighted by atomic mass is 19.4. The second kappa shape index (κ2) is 10.1. The van der Waals surface area contributed by atoms with E-state index in [2.05, 4.69) is 37.3 Å². The third-order valence-electron chi connectivity index (χ3n) is 6.59. The minimum Gasteiger partial charge on any atom is -0.363 e. The molecule has 0 aliphatic heterocycles. The highest BCUT2D eigenvalue weighted by Gasteiger charge is 2.41. The van der Waals surface area contributed by atoms with Crippen molar-refractivity contribution in [3.8, 4) is 11.3 Å². The van der Waals surface area contributed by atoms with Gasteiger partial charge in [-0.1, -0.05) is 24.9 Å². The molecule has 0 aromatic carbocycles. The number of nitrogens with one attached hydrogen (secondary N) is 2. The molecule has 1 atom stereocenters. The fourth-order valence-electron chi connectivity index (χ4n) is 4.61. The smallest absolute Gasteiger partial charge is 0.363 e. The summed E-state index contributed by atoms with van der Waals surface area (Å²) in [6, 6.07) is 2.36. The summed E-state index contributed by atoms with van der Waals surface area (Å²) in [6.07, 6.45) is 2.12. The van der Waals surface area contributed by atoms with Crippen LogP contribution in [-0.4, -0.2) is 37.8 Å². The predicted molar refractivity (Wildman–Crippen MR) is 124 cm³/mol. The number of aromatic nitrogens is 4. The minimum absolute atomic E-state index is 0.240. The van der Waals surface area contributed by atoms with Crippen molar-refractivity contribution in [3.63, 3.8) is 0 Å². The van der Waals surface area contributed by atoms with Crippen molar-refractivity contribution in [2.75, 3.05) is 5.32 Å². The van der Waals surface area contributed by atoms with Gasteiger partial charge in [-0.3, -0.25) is 14.3 Å². The fourth-order valence-corrected chi connectivity index (χ4v) is 4.61. The van der Waals surface area contributed by atoms with Crippen molar-refractivity contribution < 1.29 is 27.3 Å². The monoisotopic (exact) mass is 504 g/mol. The molecule has 0 bridgehead atoms. The highest BCUT2D eigenvalue weighted by Crippen LogP contribution is 2.33. The van der Waals surface area contributed by atoms with Gasteiger partial charge < -0.3 is 15.2 Å². The van der Waals surface area contributed by atoms with Gasteiger partial charge in [0.15, 0.2) is 5.69 Å². The largest absolute Gasteiger partial charge is 0.437 e. The van der Waals surface area contributed by atoms with Crippen LogP contribution in [0.2, 0.25) is 0 Å². The molecule has 0 spiro atoms. The Hall–Kier alpha value is -3.70. The third-order valence-corrected chi connectivity index (χ3v) is 6.59. The number of alkyl halides is 3. The predicted octanol–water partition coefficient (Wildman–Crippen LogP) is 4.36. The maximum absolute atomic E-state index is 13.3. The number of nitrogens with zero attached hydrogens (tertiary/aromatic N) is 4. The Labute approximate surface area is 205 Å². The fraction of sp³-hybridized carbons (Fsp3) is 0.458. The molecule has 3 aromatic heterocycles. The molecule has 3 aromatic rings. The summed E-state index contributed by atoms with van der Waals surface area (Å²) in [4.78, 5) is 30.3. The molecule has 12 heteroatoms. The van der Waals surface area contributed by atoms with Crippen LogP contribution in [0.15, 0.2) is 35.3 Å². The number of hydrogen-bond acceptors (Lipinski definition) is 6. The zero-order chi connectivity index (χ0) is 26.0. The van der Waals surface area contributed by atoms with Gasteiger partial charge in [-0.25, -0.2) is 4.98 Å². The number of aryl methyl sites for hydroxylation is 2. The van der Waals surface area contributed by atoms with Gasteiger partial charge in [0, 0.05) is 18.8 Å². The number of amides is 2. The Kier molecular flexibility index (Phi) is 7.14. The van der Waals surface area contributed by atoms with Crippen molar-refractivity contribution in [1.29, 1.82) is 0 Å². The Morgan fingerprint density at radius 1 is 1.17 bits per heavy atom. The lowest BCUT2D eigenvalue weighted by Crippen LogP contribution is -2.49. The van der Waals surface area contributed by atoms with Crippen molar-refractivity contribution in [2.45, 2.75) is 51.7 Å². The minimum atomic E-state index is -4.87. The number of halogens is 3. The van der Waals surface area contributed by atoms with E-state index < -0.39 is 35.3 Å². The van der Waals surface area contributed by atoms with Gasteiger partial charge >= 0.3 is 6.18 Å². The lowest BCUT2D eigenvalue weighted by molar-refractivity contribution is -0.143. The Bertz CT molecular complexity index is 1210. The van der Waals surface area contributed by atoms with Crippen molar-refractivity contribution in [2.24, 2.45) is 18.9 Å². The summed E-state index contributed by atoms with van der Waals surface area (Å²) < 4.78 is 45.8. The first-order valence-electron chi connectivity index (χ1n) is 11.6. The molecule has 2 amide bonds. The molecule has 1 fully saturated rings. The van der Waals surface area contributed by atoms with E-state index in [1.54, 1.807) is 29.2 Å². The van der Waals surface area contributed by atoms with Gasteiger partial charge in [-0.05, 0) is 49.3 Å². The SMILES string of the molecule is Cc1cnn(C)c1-c1ccc(NC(=O)[C@@H](NC(=O)c2conc2C(F)(F)F)C2CCC(C)CC2)nc1. The molecule has 1 aliphatic carbocycles. The molecule has 0 radical (unpaired) electrons. The van der Waals surface area contributed by atoms with Crippen LogP contribution >= 0.6 is 0 Å². The summed E-state index contributed by atoms with van der Waals surface area (Å²) in [5.74, 6) is -1.13. The molecular formula is C24H27F3N6O3. The molecule has 9 nitrogen and oxygen atoms in total. The van der Waals surface area contributed by atoms with Gasteiger partial charge in [-0.2, -0.15) is 18.3 Å². The maximum atomic E-state index is 13.3. The van der Waals surface area contributed by atoms with Gasteiger partial charge in [0.25, 0.3) is 5.91 Å². The molecule has 3 heterocycles. The van der Waals surface area contributed by atoms with Crippen LogP contribution in [0, 0.1) is 18.8 Å². The van der Waals surface area contributed by atoms with Crippen LogP contribution in [-0.2, 0) is 18.0 Å². The molecule has 0 unspecified atom stereocenters. The van der Waals surface area contributed by atoms with E-state index in [0.717, 1.165) is 29.7 Å². The summed E-state index contributed by atoms with van der Waals surface area (Å²) in [5.41, 5.74) is 0.467. The van der Waals surface area contributed by atoms with Crippen LogP contribution in [0.3, 0.4) is 0 Å². The number of carbonyl (C=O) groups is 2. The molecule has 0 saturated heterocycles. The van der Waals surface area contributed by atoms with Crippen LogP contribution < -0.4 is 10.6 Å². The van der Waals surface area contributed by atoms with Gasteiger partial charge in [0.1, 0.15) is 23.7 Å². The second-order valence-electron chi connectivity index (χ2n) is 9.27. The van der Waals surface area contributed by atoms with Crippen LogP contribution in [0.4, 0.5) is 19.0 Å². The molecule has 36 heavy (non-hydrogen) atoms.